The molecule has 0 fully saturated rings. The Labute approximate surface area is 192 Å². The molecular formula is C23H21F3N2O6. The number of alkyl halides is 3. The zero-order chi connectivity index (χ0) is 24.9. The van der Waals surface area contributed by atoms with Crippen LogP contribution < -0.4 is 15.4 Å². The van der Waals surface area contributed by atoms with Gasteiger partial charge in [0.05, 0.1) is 6.04 Å². The molecule has 1 amide bonds. The Morgan fingerprint density at radius 3 is 2.38 bits per heavy atom. The van der Waals surface area contributed by atoms with Crippen molar-refractivity contribution in [1.82, 2.24) is 10.6 Å². The first-order valence-electron chi connectivity index (χ1n) is 10.3. The van der Waals surface area contributed by atoms with Gasteiger partial charge in [-0.3, -0.25) is 9.59 Å². The molecule has 3 rings (SSSR count). The molecule has 1 aliphatic rings. The van der Waals surface area contributed by atoms with Crippen molar-refractivity contribution in [3.8, 4) is 5.75 Å². The number of hydrogen-bond acceptors (Lipinski definition) is 7. The number of carbonyl (C=O) groups is 4. The Morgan fingerprint density at radius 1 is 1.03 bits per heavy atom. The van der Waals surface area contributed by atoms with Gasteiger partial charge in [0.15, 0.2) is 12.4 Å². The van der Waals surface area contributed by atoms with Crippen LogP contribution in [0.5, 0.6) is 5.75 Å². The topological polar surface area (TPSA) is 111 Å². The Bertz CT molecular complexity index is 1100. The number of fused-ring (bicyclic) bond motifs is 1. The summed E-state index contributed by atoms with van der Waals surface area (Å²) in [6.07, 6.45) is -4.48. The second-order valence-electron chi connectivity index (χ2n) is 7.54. The first-order valence-corrected chi connectivity index (χ1v) is 10.3. The van der Waals surface area contributed by atoms with E-state index in [1.165, 1.54) is 24.3 Å². The number of halogens is 3. The highest BCUT2D eigenvalue weighted by Gasteiger charge is 2.42. The van der Waals surface area contributed by atoms with Gasteiger partial charge >= 0.3 is 18.1 Å². The highest BCUT2D eigenvalue weighted by atomic mass is 19.4. The predicted octanol–water partition coefficient (Wildman–Crippen LogP) is 2.34. The number of rotatable bonds is 7. The molecule has 0 radical (unpaired) electrons. The molecule has 11 heteroatoms. The van der Waals surface area contributed by atoms with Crippen LogP contribution in [0.1, 0.15) is 38.8 Å². The molecule has 180 valence electrons. The van der Waals surface area contributed by atoms with Gasteiger partial charge in [0.25, 0.3) is 5.91 Å². The van der Waals surface area contributed by atoms with E-state index in [9.17, 15) is 32.3 Å². The molecule has 2 N–H and O–H groups in total. The second-order valence-corrected chi connectivity index (χ2v) is 7.54. The lowest BCUT2D eigenvalue weighted by Crippen LogP contribution is -2.38. The second kappa shape index (κ2) is 10.5. The maximum atomic E-state index is 12.7. The molecule has 8 nitrogen and oxygen atoms in total. The third kappa shape index (κ3) is 6.41. The Kier molecular flexibility index (Phi) is 7.67. The van der Waals surface area contributed by atoms with Crippen molar-refractivity contribution in [2.45, 2.75) is 32.1 Å². The van der Waals surface area contributed by atoms with E-state index in [1.807, 2.05) is 12.1 Å². The summed E-state index contributed by atoms with van der Waals surface area (Å²) in [5, 5.41) is 5.92. The van der Waals surface area contributed by atoms with Crippen LogP contribution in [0.3, 0.4) is 0 Å². The van der Waals surface area contributed by atoms with Gasteiger partial charge in [-0.1, -0.05) is 6.07 Å². The third-order valence-electron chi connectivity index (χ3n) is 5.03. The number of Topliss-reactive ketones (excluding diaryl/α,β-unsaturated/α-hetero) is 1. The summed E-state index contributed by atoms with van der Waals surface area (Å²) in [6.45, 7) is 2.19. The SMILES string of the molecule is CC(NC(=O)c1ccc2c(c1)CCNC2)C(=O)c1ccc(OCC(=O)OC(=O)C(F)(F)F)cc1. The van der Waals surface area contributed by atoms with Gasteiger partial charge in [-0.05, 0) is 67.4 Å². The normalized spacial score (nSPS) is 13.9. The molecule has 2 aromatic rings. The molecule has 0 aliphatic carbocycles. The van der Waals surface area contributed by atoms with Crippen LogP contribution in [0.15, 0.2) is 42.5 Å². The number of hydrogen-bond donors (Lipinski definition) is 2. The zero-order valence-corrected chi connectivity index (χ0v) is 18.0. The zero-order valence-electron chi connectivity index (χ0n) is 18.0. The van der Waals surface area contributed by atoms with E-state index in [1.54, 1.807) is 13.0 Å². The molecule has 1 atom stereocenters. The number of ketones is 1. The van der Waals surface area contributed by atoms with Crippen LogP contribution in [0.4, 0.5) is 13.2 Å². The van der Waals surface area contributed by atoms with Gasteiger partial charge in [-0.25, -0.2) is 9.59 Å². The number of esters is 2. The minimum Gasteiger partial charge on any atom is -0.482 e. The van der Waals surface area contributed by atoms with Gasteiger partial charge in [-0.15, -0.1) is 0 Å². The van der Waals surface area contributed by atoms with Crippen LogP contribution in [0, 0.1) is 0 Å². The number of carbonyl (C=O) groups excluding carboxylic acids is 4. The minimum absolute atomic E-state index is 0.0631. The summed E-state index contributed by atoms with van der Waals surface area (Å²) < 4.78 is 44.8. The van der Waals surface area contributed by atoms with Crippen LogP contribution in [0.2, 0.25) is 0 Å². The molecule has 1 aliphatic heterocycles. The molecule has 0 bridgehead atoms. The van der Waals surface area contributed by atoms with E-state index in [2.05, 4.69) is 15.4 Å². The van der Waals surface area contributed by atoms with E-state index in [0.29, 0.717) is 5.56 Å². The molecular weight excluding hydrogens is 457 g/mol. The van der Waals surface area contributed by atoms with Crippen molar-refractivity contribution in [2.24, 2.45) is 0 Å². The van der Waals surface area contributed by atoms with E-state index in [-0.39, 0.29) is 23.0 Å². The van der Waals surface area contributed by atoms with E-state index in [0.717, 1.165) is 30.6 Å². The summed E-state index contributed by atoms with van der Waals surface area (Å²) in [7, 11) is 0. The number of nitrogens with one attached hydrogen (secondary N) is 2. The average molecular weight is 478 g/mol. The number of benzene rings is 2. The van der Waals surface area contributed by atoms with Crippen LogP contribution in [-0.4, -0.2) is 49.0 Å². The molecule has 34 heavy (non-hydrogen) atoms. The van der Waals surface area contributed by atoms with E-state index >= 15 is 0 Å². The van der Waals surface area contributed by atoms with E-state index in [4.69, 9.17) is 4.74 Å². The van der Waals surface area contributed by atoms with E-state index < -0.39 is 30.8 Å². The maximum Gasteiger partial charge on any atom is 0.491 e. The Morgan fingerprint density at radius 2 is 1.71 bits per heavy atom. The standard InChI is InChI=1S/C23H21F3N2O6/c1-13(28-21(31)16-2-3-17-11-27-9-8-15(17)10-16)20(30)14-4-6-18(7-5-14)33-12-19(29)34-22(32)23(24,25)26/h2-7,10,13,27H,8-9,11-12H2,1H3,(H,28,31). The predicted molar refractivity (Wildman–Crippen MR) is 112 cm³/mol. The molecule has 0 aromatic heterocycles. The van der Waals surface area contributed by atoms with Crippen molar-refractivity contribution >= 4 is 23.6 Å². The molecule has 1 unspecified atom stereocenters. The highest BCUT2D eigenvalue weighted by molar-refractivity contribution is 6.04. The monoisotopic (exact) mass is 478 g/mol. The molecule has 1 heterocycles. The van der Waals surface area contributed by atoms with Crippen molar-refractivity contribution in [1.29, 1.82) is 0 Å². The summed E-state index contributed by atoms with van der Waals surface area (Å²) in [5.41, 5.74) is 2.92. The van der Waals surface area contributed by atoms with Crippen molar-refractivity contribution in [2.75, 3.05) is 13.2 Å². The minimum atomic E-state index is -5.29. The first-order chi connectivity index (χ1) is 16.0. The van der Waals surface area contributed by atoms with Crippen LogP contribution in [-0.2, 0) is 27.3 Å². The third-order valence-corrected chi connectivity index (χ3v) is 5.03. The lowest BCUT2D eigenvalue weighted by molar-refractivity contribution is -0.202. The first kappa shape index (κ1) is 24.9. The Hall–Kier alpha value is -3.73. The van der Waals surface area contributed by atoms with Crippen molar-refractivity contribution in [3.63, 3.8) is 0 Å². The fourth-order valence-corrected chi connectivity index (χ4v) is 3.26. The molecule has 2 aromatic carbocycles. The fourth-order valence-electron chi connectivity index (χ4n) is 3.26. The number of ether oxygens (including phenoxy) is 2. The fraction of sp³-hybridized carbons (Fsp3) is 0.304. The molecule has 0 saturated heterocycles. The molecule has 0 spiro atoms. The quantitative estimate of drug-likeness (QED) is 0.357. The number of amides is 1. The van der Waals surface area contributed by atoms with Gasteiger partial charge in [-0.2, -0.15) is 13.2 Å². The van der Waals surface area contributed by atoms with Crippen molar-refractivity contribution in [3.05, 3.63) is 64.7 Å². The largest absolute Gasteiger partial charge is 0.491 e. The van der Waals surface area contributed by atoms with Gasteiger partial charge in [0.1, 0.15) is 5.75 Å². The maximum absolute atomic E-state index is 12.7. The van der Waals surface area contributed by atoms with Crippen LogP contribution >= 0.6 is 0 Å². The van der Waals surface area contributed by atoms with Gasteiger partial charge < -0.3 is 20.1 Å². The smallest absolute Gasteiger partial charge is 0.482 e. The Balaban J connectivity index is 1.53. The van der Waals surface area contributed by atoms with Gasteiger partial charge in [0, 0.05) is 17.7 Å². The summed E-state index contributed by atoms with van der Waals surface area (Å²) in [5.74, 6) is -4.85. The van der Waals surface area contributed by atoms with Gasteiger partial charge in [0.2, 0.25) is 0 Å². The average Bonchev–Trinajstić information content (AvgIpc) is 2.81. The van der Waals surface area contributed by atoms with Crippen LogP contribution in [0.25, 0.3) is 0 Å². The summed E-state index contributed by atoms with van der Waals surface area (Å²) in [4.78, 5) is 47.1. The lowest BCUT2D eigenvalue weighted by Gasteiger charge is -2.18. The summed E-state index contributed by atoms with van der Waals surface area (Å²) >= 11 is 0. The summed E-state index contributed by atoms with van der Waals surface area (Å²) in [6, 6.07) is 9.96. The highest BCUT2D eigenvalue weighted by Crippen LogP contribution is 2.18. The van der Waals surface area contributed by atoms with Crippen molar-refractivity contribution < 1.29 is 41.8 Å². The molecule has 0 saturated carbocycles. The lowest BCUT2D eigenvalue weighted by atomic mass is 9.98.